The Morgan fingerprint density at radius 3 is 2.71 bits per heavy atom. The average molecular weight is 395 g/mol. The highest BCUT2D eigenvalue weighted by Gasteiger charge is 2.18. The van der Waals surface area contributed by atoms with Crippen LogP contribution in [0.1, 0.15) is 19.4 Å². The monoisotopic (exact) mass is 394 g/mol. The number of rotatable bonds is 9. The largest absolute Gasteiger partial charge is 0.313 e. The van der Waals surface area contributed by atoms with Crippen molar-refractivity contribution in [3.8, 4) is 0 Å². The van der Waals surface area contributed by atoms with E-state index in [1.54, 1.807) is 23.9 Å². The smallest absolute Gasteiger partial charge is 0.241 e. The van der Waals surface area contributed by atoms with E-state index in [1.807, 2.05) is 26.2 Å². The number of hydrogen-bond donors (Lipinski definition) is 2. The minimum Gasteiger partial charge on any atom is -0.313 e. The van der Waals surface area contributed by atoms with Gasteiger partial charge in [-0.15, -0.1) is 0 Å². The summed E-state index contributed by atoms with van der Waals surface area (Å²) in [5.41, 5.74) is 0.956. The van der Waals surface area contributed by atoms with Crippen LogP contribution in [0.15, 0.2) is 27.6 Å². The fraction of sp³-hybridized carbons (Fsp3) is 0.571. The summed E-state index contributed by atoms with van der Waals surface area (Å²) in [6.45, 7) is 6.02. The zero-order valence-electron chi connectivity index (χ0n) is 12.6. The second-order valence-electron chi connectivity index (χ2n) is 4.96. The molecule has 0 radical (unpaired) electrons. The summed E-state index contributed by atoms with van der Waals surface area (Å²) in [6, 6.07) is 5.42. The number of halogens is 1. The SMILES string of the molecule is CCNCc1ccc(Br)c(S(=O)(=O)NCC(C)CSC)c1. The lowest BCUT2D eigenvalue weighted by molar-refractivity contribution is 0.562. The zero-order chi connectivity index (χ0) is 15.9. The number of hydrogen-bond acceptors (Lipinski definition) is 4. The second kappa shape index (κ2) is 9.15. The molecule has 0 fully saturated rings. The Hall–Kier alpha value is -0.0800. The molecule has 21 heavy (non-hydrogen) atoms. The fourth-order valence-electron chi connectivity index (χ4n) is 1.81. The van der Waals surface area contributed by atoms with Crippen molar-refractivity contribution in [2.45, 2.75) is 25.3 Å². The van der Waals surface area contributed by atoms with Crippen molar-refractivity contribution in [1.29, 1.82) is 0 Å². The average Bonchev–Trinajstić information content (AvgIpc) is 2.44. The van der Waals surface area contributed by atoms with E-state index in [-0.39, 0.29) is 0 Å². The van der Waals surface area contributed by atoms with Crippen LogP contribution in [0.25, 0.3) is 0 Å². The van der Waals surface area contributed by atoms with Gasteiger partial charge in [-0.05, 0) is 58.1 Å². The summed E-state index contributed by atoms with van der Waals surface area (Å²) in [5, 5.41) is 3.20. The summed E-state index contributed by atoms with van der Waals surface area (Å²) in [7, 11) is -3.49. The Morgan fingerprint density at radius 2 is 2.10 bits per heavy atom. The van der Waals surface area contributed by atoms with Gasteiger partial charge in [0.1, 0.15) is 0 Å². The van der Waals surface area contributed by atoms with Gasteiger partial charge in [-0.25, -0.2) is 13.1 Å². The van der Waals surface area contributed by atoms with E-state index < -0.39 is 10.0 Å². The molecule has 2 N–H and O–H groups in total. The summed E-state index contributed by atoms with van der Waals surface area (Å²) in [5.74, 6) is 1.24. The zero-order valence-corrected chi connectivity index (χ0v) is 15.9. The van der Waals surface area contributed by atoms with Gasteiger partial charge in [0.05, 0.1) is 4.90 Å². The fourth-order valence-corrected chi connectivity index (χ4v) is 4.67. The van der Waals surface area contributed by atoms with Crippen LogP contribution in [0.5, 0.6) is 0 Å². The molecule has 0 saturated carbocycles. The van der Waals surface area contributed by atoms with Gasteiger partial charge in [0.15, 0.2) is 0 Å². The molecule has 0 aliphatic rings. The van der Waals surface area contributed by atoms with Crippen molar-refractivity contribution in [3.63, 3.8) is 0 Å². The molecule has 0 amide bonds. The van der Waals surface area contributed by atoms with Gasteiger partial charge in [0.2, 0.25) is 10.0 Å². The van der Waals surface area contributed by atoms with Crippen molar-refractivity contribution >= 4 is 37.7 Å². The molecule has 4 nitrogen and oxygen atoms in total. The van der Waals surface area contributed by atoms with Crippen molar-refractivity contribution < 1.29 is 8.42 Å². The minimum absolute atomic E-state index is 0.300. The molecule has 0 heterocycles. The molecule has 7 heteroatoms. The van der Waals surface area contributed by atoms with E-state index in [9.17, 15) is 8.42 Å². The van der Waals surface area contributed by atoms with E-state index in [0.29, 0.717) is 28.4 Å². The summed E-state index contributed by atoms with van der Waals surface area (Å²) in [4.78, 5) is 0.300. The maximum Gasteiger partial charge on any atom is 0.241 e. The normalized spacial score (nSPS) is 13.3. The molecule has 1 unspecified atom stereocenters. The first kappa shape index (κ1) is 19.0. The standard InChI is InChI=1S/C14H23BrN2O2S2/c1-4-16-9-12-5-6-13(15)14(7-12)21(18,19)17-8-11(2)10-20-3/h5-7,11,16-17H,4,8-10H2,1-3H3. The van der Waals surface area contributed by atoms with E-state index in [0.717, 1.165) is 17.9 Å². The maximum atomic E-state index is 12.4. The second-order valence-corrected chi connectivity index (χ2v) is 8.46. The Labute approximate surface area is 140 Å². The minimum atomic E-state index is -3.49. The lowest BCUT2D eigenvalue weighted by Gasteiger charge is -2.13. The number of benzene rings is 1. The van der Waals surface area contributed by atoms with E-state index in [4.69, 9.17) is 0 Å². The lowest BCUT2D eigenvalue weighted by Crippen LogP contribution is -2.29. The van der Waals surface area contributed by atoms with Crippen LogP contribution in [0.2, 0.25) is 0 Å². The van der Waals surface area contributed by atoms with Crippen LogP contribution < -0.4 is 10.0 Å². The van der Waals surface area contributed by atoms with Gasteiger partial charge < -0.3 is 5.32 Å². The topological polar surface area (TPSA) is 58.2 Å². The number of nitrogens with one attached hydrogen (secondary N) is 2. The highest BCUT2D eigenvalue weighted by atomic mass is 79.9. The van der Waals surface area contributed by atoms with E-state index in [1.165, 1.54) is 0 Å². The molecule has 1 rings (SSSR count). The van der Waals surface area contributed by atoms with Crippen LogP contribution >= 0.6 is 27.7 Å². The number of thioether (sulfide) groups is 1. The van der Waals surface area contributed by atoms with Gasteiger partial charge in [0.25, 0.3) is 0 Å². The van der Waals surface area contributed by atoms with Gasteiger partial charge in [-0.2, -0.15) is 11.8 Å². The summed E-state index contributed by atoms with van der Waals surface area (Å²) in [6.07, 6.45) is 2.02. The van der Waals surface area contributed by atoms with Crippen LogP contribution in [0.4, 0.5) is 0 Å². The first-order valence-corrected chi connectivity index (χ1v) is 10.6. The summed E-state index contributed by atoms with van der Waals surface area (Å²) < 4.78 is 28.1. The Balaban J connectivity index is 2.86. The van der Waals surface area contributed by atoms with Crippen molar-refractivity contribution in [1.82, 2.24) is 10.0 Å². The predicted octanol–water partition coefficient (Wildman–Crippen LogP) is 2.84. The summed E-state index contributed by atoms with van der Waals surface area (Å²) >= 11 is 5.05. The van der Waals surface area contributed by atoms with Gasteiger partial charge in [-0.1, -0.05) is 19.9 Å². The van der Waals surface area contributed by atoms with Crippen LogP contribution in [0, 0.1) is 5.92 Å². The third-order valence-corrected chi connectivity index (χ3v) is 6.26. The molecular weight excluding hydrogens is 372 g/mol. The quantitative estimate of drug-likeness (QED) is 0.675. The van der Waals surface area contributed by atoms with Gasteiger partial charge in [-0.3, -0.25) is 0 Å². The highest BCUT2D eigenvalue weighted by Crippen LogP contribution is 2.23. The predicted molar refractivity (Wildman–Crippen MR) is 94.3 cm³/mol. The first-order valence-electron chi connectivity index (χ1n) is 6.88. The molecule has 0 aliphatic carbocycles. The molecule has 0 aromatic heterocycles. The lowest BCUT2D eigenvalue weighted by atomic mass is 10.2. The molecule has 0 bridgehead atoms. The van der Waals surface area contributed by atoms with Gasteiger partial charge in [0, 0.05) is 17.6 Å². The van der Waals surface area contributed by atoms with E-state index in [2.05, 4.69) is 26.0 Å². The molecule has 120 valence electrons. The Kier molecular flexibility index (Phi) is 8.26. The van der Waals surface area contributed by atoms with Crippen LogP contribution in [-0.4, -0.2) is 33.5 Å². The van der Waals surface area contributed by atoms with Crippen LogP contribution in [0.3, 0.4) is 0 Å². The number of sulfonamides is 1. The third-order valence-electron chi connectivity index (χ3n) is 2.94. The molecule has 1 atom stereocenters. The van der Waals surface area contributed by atoms with Gasteiger partial charge >= 0.3 is 0 Å². The highest BCUT2D eigenvalue weighted by molar-refractivity contribution is 9.10. The molecular formula is C14H23BrN2O2S2. The molecule has 0 aliphatic heterocycles. The van der Waals surface area contributed by atoms with Crippen molar-refractivity contribution in [2.75, 3.05) is 25.1 Å². The molecule has 0 spiro atoms. The molecule has 1 aromatic carbocycles. The first-order chi connectivity index (χ1) is 9.90. The molecule has 1 aromatic rings. The Morgan fingerprint density at radius 1 is 1.38 bits per heavy atom. The third kappa shape index (κ3) is 6.28. The van der Waals surface area contributed by atoms with E-state index >= 15 is 0 Å². The maximum absolute atomic E-state index is 12.4. The van der Waals surface area contributed by atoms with Crippen LogP contribution in [-0.2, 0) is 16.6 Å². The van der Waals surface area contributed by atoms with Crippen molar-refractivity contribution in [2.24, 2.45) is 5.92 Å². The van der Waals surface area contributed by atoms with Crippen molar-refractivity contribution in [3.05, 3.63) is 28.2 Å². The molecule has 0 saturated heterocycles. The Bertz CT molecular complexity index is 550.